The quantitative estimate of drug-likeness (QED) is 0.341. The van der Waals surface area contributed by atoms with Gasteiger partial charge in [-0.3, -0.25) is 4.99 Å². The predicted octanol–water partition coefficient (Wildman–Crippen LogP) is 3.03. The summed E-state index contributed by atoms with van der Waals surface area (Å²) in [6.45, 7) is 12.2. The van der Waals surface area contributed by atoms with E-state index < -0.39 is 0 Å². The van der Waals surface area contributed by atoms with E-state index in [1.165, 1.54) is 25.1 Å². The zero-order valence-corrected chi connectivity index (χ0v) is 19.9. The van der Waals surface area contributed by atoms with E-state index in [2.05, 4.69) is 46.5 Å². The van der Waals surface area contributed by atoms with Gasteiger partial charge in [0.15, 0.2) is 5.96 Å². The summed E-state index contributed by atoms with van der Waals surface area (Å²) in [5.74, 6) is 3.45. The monoisotopic (exact) mass is 502 g/mol. The Hall–Kier alpha value is -1.22. The molecule has 6 nitrogen and oxygen atoms in total. The minimum absolute atomic E-state index is 0. The van der Waals surface area contributed by atoms with Gasteiger partial charge in [0.2, 0.25) is 0 Å². The van der Waals surface area contributed by atoms with Crippen LogP contribution in [0.1, 0.15) is 38.3 Å². The van der Waals surface area contributed by atoms with Gasteiger partial charge in [-0.15, -0.1) is 24.0 Å². The Morgan fingerprint density at radius 3 is 2.82 bits per heavy atom. The first kappa shape index (κ1) is 23.1. The summed E-state index contributed by atoms with van der Waals surface area (Å²) in [5.41, 5.74) is 2.34. The zero-order valence-electron chi connectivity index (χ0n) is 17.6. The largest absolute Gasteiger partial charge is 0.494 e. The number of likely N-dealkylation sites (tertiary alicyclic amines) is 1. The second kappa shape index (κ2) is 11.1. The maximum atomic E-state index is 5.92. The zero-order chi connectivity index (χ0) is 19.2. The Bertz CT molecular complexity index is 668. The normalized spacial score (nSPS) is 21.6. The van der Waals surface area contributed by atoms with Crippen LogP contribution in [0.5, 0.6) is 11.5 Å². The van der Waals surface area contributed by atoms with Crippen molar-refractivity contribution in [1.29, 1.82) is 0 Å². The number of rotatable bonds is 7. The summed E-state index contributed by atoms with van der Waals surface area (Å²) in [4.78, 5) is 6.87. The van der Waals surface area contributed by atoms with Crippen LogP contribution in [-0.4, -0.2) is 56.8 Å². The average Bonchev–Trinajstić information content (AvgIpc) is 3.27. The molecule has 0 aliphatic carbocycles. The summed E-state index contributed by atoms with van der Waals surface area (Å²) in [6, 6.07) is 4.24. The fourth-order valence-corrected chi connectivity index (χ4v) is 3.92. The summed E-state index contributed by atoms with van der Waals surface area (Å²) < 4.78 is 11.8. The molecule has 1 aromatic carbocycles. The molecule has 158 valence electrons. The highest BCUT2D eigenvalue weighted by Gasteiger charge is 2.23. The third kappa shape index (κ3) is 5.89. The van der Waals surface area contributed by atoms with Gasteiger partial charge in [0.05, 0.1) is 6.61 Å². The summed E-state index contributed by atoms with van der Waals surface area (Å²) in [5, 5.41) is 6.90. The van der Waals surface area contributed by atoms with Crippen molar-refractivity contribution in [2.24, 2.45) is 10.9 Å². The highest BCUT2D eigenvalue weighted by Crippen LogP contribution is 2.35. The molecule has 0 amide bonds. The molecule has 0 radical (unpaired) electrons. The third-order valence-corrected chi connectivity index (χ3v) is 5.42. The molecule has 1 fully saturated rings. The number of aliphatic imine (C=N–C) groups is 1. The molecule has 1 saturated heterocycles. The molecule has 2 unspecified atom stereocenters. The van der Waals surface area contributed by atoms with Crippen molar-refractivity contribution in [3.8, 4) is 11.5 Å². The lowest BCUT2D eigenvalue weighted by Gasteiger charge is -2.18. The van der Waals surface area contributed by atoms with Crippen LogP contribution in [0.4, 0.5) is 0 Å². The van der Waals surface area contributed by atoms with Crippen LogP contribution in [0.2, 0.25) is 0 Å². The van der Waals surface area contributed by atoms with Crippen molar-refractivity contribution in [1.82, 2.24) is 15.5 Å². The molecule has 2 aliphatic heterocycles. The molecule has 2 heterocycles. The fourth-order valence-electron chi connectivity index (χ4n) is 3.92. The number of hydrogen-bond acceptors (Lipinski definition) is 4. The van der Waals surface area contributed by atoms with Gasteiger partial charge in [-0.2, -0.15) is 0 Å². The standard InChI is InChI=1S/C21H34N4O2.HI/c1-5-25-8-7-16(14-25)12-23-21(22-4)24-13-18-11-20-17(9-15(3)27-20)10-19(18)26-6-2;/h10-11,15-16H,5-9,12-14H2,1-4H3,(H2,22,23,24);1H. The van der Waals surface area contributed by atoms with Crippen LogP contribution in [0.25, 0.3) is 0 Å². The van der Waals surface area contributed by atoms with E-state index in [0.29, 0.717) is 19.1 Å². The number of hydrogen-bond donors (Lipinski definition) is 2. The van der Waals surface area contributed by atoms with Crippen molar-refractivity contribution >= 4 is 29.9 Å². The summed E-state index contributed by atoms with van der Waals surface area (Å²) in [6.07, 6.45) is 2.44. The second-order valence-corrected chi connectivity index (χ2v) is 7.49. The molecule has 0 spiro atoms. The molecule has 2 atom stereocenters. The van der Waals surface area contributed by atoms with Crippen LogP contribution in [0, 0.1) is 5.92 Å². The van der Waals surface area contributed by atoms with Crippen molar-refractivity contribution in [2.75, 3.05) is 39.8 Å². The highest BCUT2D eigenvalue weighted by molar-refractivity contribution is 14.0. The second-order valence-electron chi connectivity index (χ2n) is 7.49. The smallest absolute Gasteiger partial charge is 0.191 e. The molecule has 2 aliphatic rings. The van der Waals surface area contributed by atoms with Crippen LogP contribution < -0.4 is 20.1 Å². The topological polar surface area (TPSA) is 58.1 Å². The molecule has 28 heavy (non-hydrogen) atoms. The molecule has 0 saturated carbocycles. The first-order valence-electron chi connectivity index (χ1n) is 10.2. The van der Waals surface area contributed by atoms with E-state index >= 15 is 0 Å². The molecule has 0 bridgehead atoms. The maximum Gasteiger partial charge on any atom is 0.191 e. The molecule has 2 N–H and O–H groups in total. The highest BCUT2D eigenvalue weighted by atomic mass is 127. The predicted molar refractivity (Wildman–Crippen MR) is 125 cm³/mol. The van der Waals surface area contributed by atoms with Gasteiger partial charge in [-0.1, -0.05) is 6.92 Å². The van der Waals surface area contributed by atoms with Gasteiger partial charge in [0, 0.05) is 44.2 Å². The first-order valence-corrected chi connectivity index (χ1v) is 10.2. The van der Waals surface area contributed by atoms with E-state index in [0.717, 1.165) is 42.5 Å². The minimum Gasteiger partial charge on any atom is -0.494 e. The third-order valence-electron chi connectivity index (χ3n) is 5.42. The lowest BCUT2D eigenvalue weighted by Crippen LogP contribution is -2.40. The van der Waals surface area contributed by atoms with E-state index in [1.807, 2.05) is 14.0 Å². The minimum atomic E-state index is 0. The van der Waals surface area contributed by atoms with Gasteiger partial charge in [0.1, 0.15) is 17.6 Å². The number of nitrogens with zero attached hydrogens (tertiary/aromatic N) is 2. The first-order chi connectivity index (χ1) is 13.1. The van der Waals surface area contributed by atoms with E-state index in [1.54, 1.807) is 0 Å². The Kier molecular flexibility index (Phi) is 9.14. The van der Waals surface area contributed by atoms with Gasteiger partial charge >= 0.3 is 0 Å². The molecule has 0 aromatic heterocycles. The molecular formula is C21H35IN4O2. The maximum absolute atomic E-state index is 5.92. The van der Waals surface area contributed by atoms with Crippen molar-refractivity contribution in [2.45, 2.75) is 46.3 Å². The summed E-state index contributed by atoms with van der Waals surface area (Å²) in [7, 11) is 1.82. The van der Waals surface area contributed by atoms with Crippen LogP contribution >= 0.6 is 24.0 Å². The van der Waals surface area contributed by atoms with Crippen molar-refractivity contribution < 1.29 is 9.47 Å². The van der Waals surface area contributed by atoms with Crippen molar-refractivity contribution in [3.05, 3.63) is 23.3 Å². The SMILES string of the molecule is CCOc1cc2c(cc1CNC(=NC)NCC1CCN(CC)C1)OC(C)C2.I. The van der Waals surface area contributed by atoms with E-state index in [9.17, 15) is 0 Å². The average molecular weight is 502 g/mol. The number of fused-ring (bicyclic) bond motifs is 1. The lowest BCUT2D eigenvalue weighted by molar-refractivity contribution is 0.254. The Balaban J connectivity index is 0.00000280. The van der Waals surface area contributed by atoms with Crippen LogP contribution in [0.15, 0.2) is 17.1 Å². The lowest BCUT2D eigenvalue weighted by atomic mass is 10.1. The molecule has 7 heteroatoms. The molecule has 3 rings (SSSR count). The number of ether oxygens (including phenoxy) is 2. The number of benzene rings is 1. The molecular weight excluding hydrogens is 467 g/mol. The van der Waals surface area contributed by atoms with Gasteiger partial charge < -0.3 is 25.0 Å². The Labute approximate surface area is 186 Å². The van der Waals surface area contributed by atoms with Crippen LogP contribution in [0.3, 0.4) is 0 Å². The molecule has 1 aromatic rings. The number of nitrogens with one attached hydrogen (secondary N) is 2. The number of halogens is 1. The van der Waals surface area contributed by atoms with E-state index in [4.69, 9.17) is 9.47 Å². The van der Waals surface area contributed by atoms with E-state index in [-0.39, 0.29) is 30.1 Å². The van der Waals surface area contributed by atoms with Gasteiger partial charge in [-0.25, -0.2) is 0 Å². The van der Waals surface area contributed by atoms with Gasteiger partial charge in [-0.05, 0) is 51.4 Å². The van der Waals surface area contributed by atoms with Gasteiger partial charge in [0.25, 0.3) is 0 Å². The fraction of sp³-hybridized carbons (Fsp3) is 0.667. The Morgan fingerprint density at radius 2 is 2.14 bits per heavy atom. The van der Waals surface area contributed by atoms with Crippen LogP contribution in [-0.2, 0) is 13.0 Å². The number of guanidine groups is 1. The van der Waals surface area contributed by atoms with Crippen molar-refractivity contribution in [3.63, 3.8) is 0 Å². The summed E-state index contributed by atoms with van der Waals surface area (Å²) >= 11 is 0. The Morgan fingerprint density at radius 1 is 1.32 bits per heavy atom.